The molecule has 10 aromatic rings. The van der Waals surface area contributed by atoms with E-state index in [-0.39, 0.29) is 0 Å². The van der Waals surface area contributed by atoms with E-state index in [1.54, 1.807) is 0 Å². The third kappa shape index (κ3) is 6.56. The van der Waals surface area contributed by atoms with Crippen molar-refractivity contribution < 1.29 is 0 Å². The van der Waals surface area contributed by atoms with Crippen LogP contribution in [0.5, 0.6) is 0 Å². The Balaban J connectivity index is 1.14. The Kier molecular flexibility index (Phi) is 8.95. The number of hydrogen-bond acceptors (Lipinski definition) is 1. The van der Waals surface area contributed by atoms with Crippen molar-refractivity contribution >= 4 is 38.6 Å². The first kappa shape index (κ1) is 34.0. The molecule has 0 saturated heterocycles. The van der Waals surface area contributed by atoms with Gasteiger partial charge in [-0.1, -0.05) is 200 Å². The summed E-state index contributed by atoms with van der Waals surface area (Å²) in [6, 6.07) is 85.6. The molecule has 0 fully saturated rings. The second kappa shape index (κ2) is 15.0. The van der Waals surface area contributed by atoms with Crippen LogP contribution < -0.4 is 4.90 Å². The smallest absolute Gasteiger partial charge is 0.0467 e. The fraction of sp³-hybridized carbons (Fsp3) is 0. The van der Waals surface area contributed by atoms with Crippen LogP contribution in [-0.2, 0) is 0 Å². The van der Waals surface area contributed by atoms with Crippen LogP contribution in [0.2, 0.25) is 0 Å². The lowest BCUT2D eigenvalue weighted by Crippen LogP contribution is -2.10. The second-order valence-corrected chi connectivity index (χ2v) is 14.5. The van der Waals surface area contributed by atoms with Crippen LogP contribution in [0.15, 0.2) is 237 Å². The minimum Gasteiger partial charge on any atom is -0.310 e. The third-order valence-corrected chi connectivity index (χ3v) is 11.0. The Morgan fingerprint density at radius 3 is 0.965 bits per heavy atom. The molecule has 10 aromatic carbocycles. The van der Waals surface area contributed by atoms with Crippen LogP contribution in [0.25, 0.3) is 77.2 Å². The first-order valence-corrected chi connectivity index (χ1v) is 19.6. The van der Waals surface area contributed by atoms with E-state index in [4.69, 9.17) is 0 Å². The van der Waals surface area contributed by atoms with Gasteiger partial charge in [-0.25, -0.2) is 0 Å². The number of nitrogens with zero attached hydrogens (tertiary/aromatic N) is 1. The van der Waals surface area contributed by atoms with Gasteiger partial charge in [0.15, 0.2) is 0 Å². The van der Waals surface area contributed by atoms with Crippen LogP contribution in [0, 0.1) is 0 Å². The van der Waals surface area contributed by atoms with Crippen molar-refractivity contribution in [3.8, 4) is 55.6 Å². The Labute approximate surface area is 334 Å². The summed E-state index contributed by atoms with van der Waals surface area (Å²) in [4.78, 5) is 2.40. The molecule has 57 heavy (non-hydrogen) atoms. The van der Waals surface area contributed by atoms with E-state index in [0.29, 0.717) is 0 Å². The molecular weight excluding hydrogens is 687 g/mol. The minimum atomic E-state index is 1.09. The summed E-state index contributed by atoms with van der Waals surface area (Å²) < 4.78 is 0. The SMILES string of the molecule is c1ccc(-c2ccc(N(c3cccc(-c4cccc5cccc(-c6ccccc6)c45)c3)c3cccc(-c4cccc5cccc(-c6ccccc6)c45)c3)cc2)cc1. The highest BCUT2D eigenvalue weighted by molar-refractivity contribution is 6.08. The lowest BCUT2D eigenvalue weighted by Gasteiger charge is -2.27. The monoisotopic (exact) mass is 725 g/mol. The zero-order chi connectivity index (χ0) is 38.0. The third-order valence-electron chi connectivity index (χ3n) is 11.0. The molecule has 0 unspecified atom stereocenters. The zero-order valence-electron chi connectivity index (χ0n) is 31.5. The molecule has 0 saturated carbocycles. The van der Waals surface area contributed by atoms with Gasteiger partial charge in [-0.05, 0) is 114 Å². The molecule has 1 heteroatoms. The lowest BCUT2D eigenvalue weighted by atomic mass is 9.91. The molecule has 268 valence electrons. The summed E-state index contributed by atoms with van der Waals surface area (Å²) in [7, 11) is 0. The van der Waals surface area contributed by atoms with Gasteiger partial charge in [-0.15, -0.1) is 0 Å². The molecule has 10 rings (SSSR count). The highest BCUT2D eigenvalue weighted by Crippen LogP contribution is 2.43. The van der Waals surface area contributed by atoms with Crippen LogP contribution in [0.1, 0.15) is 0 Å². The summed E-state index contributed by atoms with van der Waals surface area (Å²) in [5.41, 5.74) is 15.3. The molecule has 0 aliphatic rings. The molecule has 0 aliphatic carbocycles. The number of anilines is 3. The molecule has 0 atom stereocenters. The normalized spacial score (nSPS) is 11.2. The van der Waals surface area contributed by atoms with Gasteiger partial charge in [-0.2, -0.15) is 0 Å². The standard InChI is InChI=1S/C56H39N/c1-4-16-40(17-5-1)41-34-36-48(37-35-41)57(49-28-10-26-46(38-49)53-32-14-24-44-22-12-30-51(55(44)53)42-18-6-2-7-19-42)50-29-11-27-47(39-50)54-33-15-25-45-23-13-31-52(56(45)54)43-20-8-3-9-21-43/h1-39H. The molecule has 1 nitrogen and oxygen atoms in total. The van der Waals surface area contributed by atoms with Crippen molar-refractivity contribution in [1.29, 1.82) is 0 Å². The molecule has 0 N–H and O–H groups in total. The fourth-order valence-corrected chi connectivity index (χ4v) is 8.39. The van der Waals surface area contributed by atoms with Gasteiger partial charge in [0.05, 0.1) is 0 Å². The van der Waals surface area contributed by atoms with E-state index in [0.717, 1.165) is 17.1 Å². The summed E-state index contributed by atoms with van der Waals surface area (Å²) in [6.07, 6.45) is 0. The Bertz CT molecular complexity index is 2810. The second-order valence-electron chi connectivity index (χ2n) is 14.5. The summed E-state index contributed by atoms with van der Waals surface area (Å²) in [5, 5.41) is 4.97. The predicted octanol–water partition coefficient (Wildman–Crippen LogP) is 15.8. The highest BCUT2D eigenvalue weighted by Gasteiger charge is 2.18. The number of benzene rings is 10. The van der Waals surface area contributed by atoms with E-state index in [2.05, 4.69) is 241 Å². The Morgan fingerprint density at radius 1 is 0.211 bits per heavy atom. The van der Waals surface area contributed by atoms with Gasteiger partial charge >= 0.3 is 0 Å². The summed E-state index contributed by atoms with van der Waals surface area (Å²) in [6.45, 7) is 0. The average Bonchev–Trinajstić information content (AvgIpc) is 3.29. The molecule has 0 aromatic heterocycles. The van der Waals surface area contributed by atoms with Gasteiger partial charge < -0.3 is 4.90 Å². The van der Waals surface area contributed by atoms with Gasteiger partial charge in [-0.3, -0.25) is 0 Å². The van der Waals surface area contributed by atoms with Crippen molar-refractivity contribution in [2.45, 2.75) is 0 Å². The maximum absolute atomic E-state index is 2.40. The molecule has 0 radical (unpaired) electrons. The average molecular weight is 726 g/mol. The molecular formula is C56H39N. The highest BCUT2D eigenvalue weighted by atomic mass is 15.1. The molecule has 0 bridgehead atoms. The number of rotatable bonds is 8. The van der Waals surface area contributed by atoms with Crippen LogP contribution in [-0.4, -0.2) is 0 Å². The summed E-state index contributed by atoms with van der Waals surface area (Å²) in [5.74, 6) is 0. The van der Waals surface area contributed by atoms with Crippen molar-refractivity contribution in [3.63, 3.8) is 0 Å². The van der Waals surface area contributed by atoms with E-state index in [1.807, 2.05) is 0 Å². The minimum absolute atomic E-state index is 1.09. The quantitative estimate of drug-likeness (QED) is 0.151. The Hall–Kier alpha value is -7.48. The summed E-state index contributed by atoms with van der Waals surface area (Å²) >= 11 is 0. The van der Waals surface area contributed by atoms with Gasteiger partial charge in [0, 0.05) is 17.1 Å². The van der Waals surface area contributed by atoms with Gasteiger partial charge in [0.2, 0.25) is 0 Å². The maximum Gasteiger partial charge on any atom is 0.0467 e. The van der Waals surface area contributed by atoms with Crippen molar-refractivity contribution in [1.82, 2.24) is 0 Å². The number of hydrogen-bond donors (Lipinski definition) is 0. The fourth-order valence-electron chi connectivity index (χ4n) is 8.39. The Morgan fingerprint density at radius 2 is 0.544 bits per heavy atom. The molecule has 0 heterocycles. The number of fused-ring (bicyclic) bond motifs is 2. The maximum atomic E-state index is 2.40. The first-order chi connectivity index (χ1) is 28.3. The van der Waals surface area contributed by atoms with Gasteiger partial charge in [0.25, 0.3) is 0 Å². The molecule has 0 spiro atoms. The topological polar surface area (TPSA) is 3.24 Å². The first-order valence-electron chi connectivity index (χ1n) is 19.6. The van der Waals surface area contributed by atoms with Crippen molar-refractivity contribution in [2.24, 2.45) is 0 Å². The largest absolute Gasteiger partial charge is 0.310 e. The van der Waals surface area contributed by atoms with E-state index < -0.39 is 0 Å². The van der Waals surface area contributed by atoms with Crippen molar-refractivity contribution in [2.75, 3.05) is 4.90 Å². The predicted molar refractivity (Wildman–Crippen MR) is 243 cm³/mol. The van der Waals surface area contributed by atoms with E-state index >= 15 is 0 Å². The molecule has 0 amide bonds. The van der Waals surface area contributed by atoms with Gasteiger partial charge in [0.1, 0.15) is 0 Å². The van der Waals surface area contributed by atoms with E-state index in [9.17, 15) is 0 Å². The van der Waals surface area contributed by atoms with Crippen LogP contribution in [0.4, 0.5) is 17.1 Å². The zero-order valence-corrected chi connectivity index (χ0v) is 31.5. The molecule has 0 aliphatic heterocycles. The van der Waals surface area contributed by atoms with Crippen LogP contribution >= 0.6 is 0 Å². The lowest BCUT2D eigenvalue weighted by molar-refractivity contribution is 1.28. The van der Waals surface area contributed by atoms with E-state index in [1.165, 1.54) is 77.2 Å². The van der Waals surface area contributed by atoms with Crippen molar-refractivity contribution in [3.05, 3.63) is 237 Å². The van der Waals surface area contributed by atoms with Crippen LogP contribution in [0.3, 0.4) is 0 Å².